The summed E-state index contributed by atoms with van der Waals surface area (Å²) in [6.07, 6.45) is -0.580. The van der Waals surface area contributed by atoms with Crippen molar-refractivity contribution >= 4 is 5.91 Å². The second-order valence-electron chi connectivity index (χ2n) is 5.10. The van der Waals surface area contributed by atoms with Crippen molar-refractivity contribution in [1.82, 2.24) is 5.32 Å². The number of carbonyl (C=O) groups is 1. The number of ether oxygens (including phenoxy) is 2. The summed E-state index contributed by atoms with van der Waals surface area (Å²) in [4.78, 5) is 11.9. The van der Waals surface area contributed by atoms with Crippen molar-refractivity contribution < 1.29 is 14.3 Å². The van der Waals surface area contributed by atoms with Crippen molar-refractivity contribution in [3.63, 3.8) is 0 Å². The highest BCUT2D eigenvalue weighted by Gasteiger charge is 2.29. The van der Waals surface area contributed by atoms with E-state index in [0.717, 1.165) is 0 Å². The molecule has 1 aromatic rings. The van der Waals surface area contributed by atoms with E-state index in [-0.39, 0.29) is 18.1 Å². The highest BCUT2D eigenvalue weighted by Crippen LogP contribution is 2.30. The normalized spacial score (nSPS) is 18.6. The average Bonchev–Trinajstić information content (AvgIpc) is 2.26. The van der Waals surface area contributed by atoms with Crippen LogP contribution in [-0.4, -0.2) is 24.2 Å². The predicted octanol–water partition coefficient (Wildman–Crippen LogP) is 1.74. The Labute approximate surface area is 101 Å². The Balaban J connectivity index is 2.05. The van der Waals surface area contributed by atoms with Crippen LogP contribution in [0.1, 0.15) is 20.8 Å². The zero-order valence-electron chi connectivity index (χ0n) is 10.3. The summed E-state index contributed by atoms with van der Waals surface area (Å²) in [5, 5.41) is 2.88. The topological polar surface area (TPSA) is 47.6 Å². The molecule has 1 heterocycles. The van der Waals surface area contributed by atoms with Crippen molar-refractivity contribution in [2.75, 3.05) is 6.61 Å². The third kappa shape index (κ3) is 2.90. The number of hydrogen-bond donors (Lipinski definition) is 1. The number of benzene rings is 1. The Morgan fingerprint density at radius 2 is 1.94 bits per heavy atom. The summed E-state index contributed by atoms with van der Waals surface area (Å²) in [6.45, 7) is 6.05. The van der Waals surface area contributed by atoms with Gasteiger partial charge in [0.2, 0.25) is 6.10 Å². The maximum Gasteiger partial charge on any atom is 0.265 e. The third-order valence-electron chi connectivity index (χ3n) is 2.30. The molecule has 1 N–H and O–H groups in total. The number of nitrogens with one attached hydrogen (secondary N) is 1. The first-order chi connectivity index (χ1) is 7.96. The molecule has 4 nitrogen and oxygen atoms in total. The highest BCUT2D eigenvalue weighted by atomic mass is 16.6. The molecule has 1 aromatic carbocycles. The van der Waals surface area contributed by atoms with Crippen molar-refractivity contribution in [3.05, 3.63) is 24.3 Å². The van der Waals surface area contributed by atoms with Crippen LogP contribution in [0.3, 0.4) is 0 Å². The minimum atomic E-state index is -0.580. The fraction of sp³-hybridized carbons (Fsp3) is 0.462. The number of rotatable bonds is 1. The molecule has 2 rings (SSSR count). The fourth-order valence-corrected chi connectivity index (χ4v) is 1.60. The second-order valence-corrected chi connectivity index (χ2v) is 5.10. The number of para-hydroxylation sites is 2. The quantitative estimate of drug-likeness (QED) is 0.806. The van der Waals surface area contributed by atoms with E-state index in [9.17, 15) is 4.79 Å². The SMILES string of the molecule is CC(C)(C)NC(=O)C1COc2ccccc2O1. The minimum Gasteiger partial charge on any atom is -0.485 e. The first-order valence-electron chi connectivity index (χ1n) is 5.66. The summed E-state index contributed by atoms with van der Waals surface area (Å²) in [5.74, 6) is 1.16. The molecular formula is C13H17NO3. The number of carbonyl (C=O) groups excluding carboxylic acids is 1. The number of amides is 1. The number of fused-ring (bicyclic) bond motifs is 1. The van der Waals surface area contributed by atoms with Gasteiger partial charge in [0, 0.05) is 5.54 Å². The molecule has 92 valence electrons. The van der Waals surface area contributed by atoms with E-state index in [2.05, 4.69) is 5.32 Å². The van der Waals surface area contributed by atoms with Crippen LogP contribution in [0, 0.1) is 0 Å². The van der Waals surface area contributed by atoms with Crippen LogP contribution < -0.4 is 14.8 Å². The van der Waals surface area contributed by atoms with E-state index >= 15 is 0 Å². The van der Waals surface area contributed by atoms with Gasteiger partial charge in [-0.25, -0.2) is 0 Å². The smallest absolute Gasteiger partial charge is 0.265 e. The maximum atomic E-state index is 11.9. The minimum absolute atomic E-state index is 0.146. The zero-order valence-corrected chi connectivity index (χ0v) is 10.3. The Kier molecular flexibility index (Phi) is 2.96. The van der Waals surface area contributed by atoms with Gasteiger partial charge in [-0.2, -0.15) is 0 Å². The predicted molar refractivity (Wildman–Crippen MR) is 64.2 cm³/mol. The molecular weight excluding hydrogens is 218 g/mol. The molecule has 0 fully saturated rings. The molecule has 0 saturated heterocycles. The molecule has 1 unspecified atom stereocenters. The third-order valence-corrected chi connectivity index (χ3v) is 2.30. The summed E-state index contributed by atoms with van der Waals surface area (Å²) in [5.41, 5.74) is -0.266. The van der Waals surface area contributed by atoms with Gasteiger partial charge in [-0.05, 0) is 32.9 Å². The van der Waals surface area contributed by atoms with Crippen molar-refractivity contribution in [2.45, 2.75) is 32.4 Å². The maximum absolute atomic E-state index is 11.9. The molecule has 0 radical (unpaired) electrons. The van der Waals surface area contributed by atoms with Crippen LogP contribution in [0.2, 0.25) is 0 Å². The molecule has 0 aliphatic carbocycles. The zero-order chi connectivity index (χ0) is 12.5. The lowest BCUT2D eigenvalue weighted by Gasteiger charge is -2.28. The van der Waals surface area contributed by atoms with E-state index < -0.39 is 6.10 Å². The van der Waals surface area contributed by atoms with Crippen LogP contribution in [-0.2, 0) is 4.79 Å². The van der Waals surface area contributed by atoms with Gasteiger partial charge in [-0.3, -0.25) is 4.79 Å². The largest absolute Gasteiger partial charge is 0.485 e. The van der Waals surface area contributed by atoms with Gasteiger partial charge >= 0.3 is 0 Å². The first-order valence-corrected chi connectivity index (χ1v) is 5.66. The van der Waals surface area contributed by atoms with Crippen LogP contribution in [0.15, 0.2) is 24.3 Å². The summed E-state index contributed by atoms with van der Waals surface area (Å²) in [7, 11) is 0. The van der Waals surface area contributed by atoms with Crippen LogP contribution in [0.25, 0.3) is 0 Å². The standard InChI is InChI=1S/C13H17NO3/c1-13(2,3)14-12(15)11-8-16-9-6-4-5-7-10(9)17-11/h4-7,11H,8H2,1-3H3,(H,14,15). The van der Waals surface area contributed by atoms with Crippen LogP contribution in [0.5, 0.6) is 11.5 Å². The van der Waals surface area contributed by atoms with E-state index in [1.807, 2.05) is 39.0 Å². The van der Waals surface area contributed by atoms with Crippen molar-refractivity contribution in [2.24, 2.45) is 0 Å². The Bertz CT molecular complexity index is 423. The molecule has 1 atom stereocenters. The molecule has 1 aliphatic heterocycles. The van der Waals surface area contributed by atoms with E-state index in [0.29, 0.717) is 11.5 Å². The Hall–Kier alpha value is -1.71. The molecule has 0 spiro atoms. The van der Waals surface area contributed by atoms with Gasteiger partial charge in [-0.1, -0.05) is 12.1 Å². The van der Waals surface area contributed by atoms with E-state index in [4.69, 9.17) is 9.47 Å². The van der Waals surface area contributed by atoms with E-state index in [1.165, 1.54) is 0 Å². The van der Waals surface area contributed by atoms with E-state index in [1.54, 1.807) is 6.07 Å². The molecule has 17 heavy (non-hydrogen) atoms. The summed E-state index contributed by atoms with van der Waals surface area (Å²) in [6, 6.07) is 7.35. The molecule has 0 aromatic heterocycles. The van der Waals surface area contributed by atoms with Gasteiger partial charge in [0.05, 0.1) is 0 Å². The van der Waals surface area contributed by atoms with Crippen molar-refractivity contribution in [1.29, 1.82) is 0 Å². The summed E-state index contributed by atoms with van der Waals surface area (Å²) >= 11 is 0. The Morgan fingerprint density at radius 3 is 2.59 bits per heavy atom. The van der Waals surface area contributed by atoms with Gasteiger partial charge < -0.3 is 14.8 Å². The van der Waals surface area contributed by atoms with Crippen LogP contribution >= 0.6 is 0 Å². The van der Waals surface area contributed by atoms with Crippen molar-refractivity contribution in [3.8, 4) is 11.5 Å². The molecule has 4 heteroatoms. The van der Waals surface area contributed by atoms with Gasteiger partial charge in [0.1, 0.15) is 6.61 Å². The molecule has 0 bridgehead atoms. The molecule has 0 saturated carbocycles. The molecule has 1 amide bonds. The lowest BCUT2D eigenvalue weighted by atomic mass is 10.1. The average molecular weight is 235 g/mol. The van der Waals surface area contributed by atoms with Crippen LogP contribution in [0.4, 0.5) is 0 Å². The highest BCUT2D eigenvalue weighted by molar-refractivity contribution is 5.82. The second kappa shape index (κ2) is 4.28. The van der Waals surface area contributed by atoms with Gasteiger partial charge in [0.25, 0.3) is 5.91 Å². The van der Waals surface area contributed by atoms with Gasteiger partial charge in [-0.15, -0.1) is 0 Å². The number of hydrogen-bond acceptors (Lipinski definition) is 3. The lowest BCUT2D eigenvalue weighted by molar-refractivity contribution is -0.131. The Morgan fingerprint density at radius 1 is 1.29 bits per heavy atom. The first kappa shape index (κ1) is 11.8. The van der Waals surface area contributed by atoms with Gasteiger partial charge in [0.15, 0.2) is 11.5 Å². The lowest BCUT2D eigenvalue weighted by Crippen LogP contribution is -2.50. The monoisotopic (exact) mass is 235 g/mol. The fourth-order valence-electron chi connectivity index (χ4n) is 1.60. The molecule has 1 aliphatic rings. The summed E-state index contributed by atoms with van der Waals surface area (Å²) < 4.78 is 11.1.